The van der Waals surface area contributed by atoms with Gasteiger partial charge in [0.05, 0.1) is 29.2 Å². The fourth-order valence-corrected chi connectivity index (χ4v) is 3.58. The van der Waals surface area contributed by atoms with Crippen LogP contribution in [0.2, 0.25) is 5.02 Å². The molecule has 1 N–H and O–H groups in total. The van der Waals surface area contributed by atoms with Crippen LogP contribution in [0.15, 0.2) is 66.5 Å². The van der Waals surface area contributed by atoms with Crippen LogP contribution in [0.1, 0.15) is 24.4 Å². The van der Waals surface area contributed by atoms with E-state index in [0.29, 0.717) is 29.4 Å². The molecule has 3 heterocycles. The summed E-state index contributed by atoms with van der Waals surface area (Å²) < 4.78 is 29.7. The molecule has 5 nitrogen and oxygen atoms in total. The van der Waals surface area contributed by atoms with Gasteiger partial charge in [0.15, 0.2) is 11.7 Å². The molecule has 0 spiro atoms. The number of imidazole rings is 1. The minimum Gasteiger partial charge on any atom is -0.346 e. The van der Waals surface area contributed by atoms with Crippen LogP contribution in [0, 0.1) is 0 Å². The van der Waals surface area contributed by atoms with Crippen molar-refractivity contribution >= 4 is 17.2 Å². The molecule has 0 bridgehead atoms. The Kier molecular flexibility index (Phi) is 4.67. The molecule has 150 valence electrons. The summed E-state index contributed by atoms with van der Waals surface area (Å²) in [7, 11) is 0. The summed E-state index contributed by atoms with van der Waals surface area (Å²) >= 11 is 5.94. The minimum absolute atomic E-state index is 0.0811. The third kappa shape index (κ3) is 3.52. The second kappa shape index (κ2) is 7.50. The highest BCUT2D eigenvalue weighted by molar-refractivity contribution is 6.30. The first-order chi connectivity index (χ1) is 14.6. The average Bonchev–Trinajstić information content (AvgIpc) is 3.37. The predicted octanol–water partition coefficient (Wildman–Crippen LogP) is 5.80. The molecule has 0 saturated carbocycles. The molecule has 2 aromatic rings. The van der Waals surface area contributed by atoms with Crippen LogP contribution in [-0.4, -0.2) is 24.7 Å². The third-order valence-corrected chi connectivity index (χ3v) is 5.23. The SMILES string of the molecule is FC1=C(F)C(c2nc3ccn(Cc4cc(-c5ccc(Cl)cc5)n[nH]4)cc-3n2)=CCC1. The van der Waals surface area contributed by atoms with Crippen molar-refractivity contribution in [2.45, 2.75) is 19.4 Å². The second-order valence-electron chi connectivity index (χ2n) is 7.10. The zero-order valence-electron chi connectivity index (χ0n) is 15.7. The number of hydrogen-bond donors (Lipinski definition) is 1. The van der Waals surface area contributed by atoms with Crippen LogP contribution in [0.5, 0.6) is 0 Å². The highest BCUT2D eigenvalue weighted by atomic mass is 35.5. The maximum Gasteiger partial charge on any atom is 0.165 e. The molecule has 0 unspecified atom stereocenters. The van der Waals surface area contributed by atoms with Gasteiger partial charge in [-0.25, -0.2) is 18.7 Å². The summed E-state index contributed by atoms with van der Waals surface area (Å²) in [6.45, 7) is 0.546. The van der Waals surface area contributed by atoms with Gasteiger partial charge >= 0.3 is 0 Å². The molecule has 30 heavy (non-hydrogen) atoms. The first-order valence-corrected chi connectivity index (χ1v) is 9.83. The molecule has 0 fully saturated rings. The first kappa shape index (κ1) is 18.7. The Morgan fingerprint density at radius 1 is 1.03 bits per heavy atom. The Hall–Kier alpha value is -3.32. The van der Waals surface area contributed by atoms with Gasteiger partial charge in [0.1, 0.15) is 11.5 Å². The van der Waals surface area contributed by atoms with Crippen molar-refractivity contribution in [2.75, 3.05) is 0 Å². The van der Waals surface area contributed by atoms with Crippen molar-refractivity contribution < 1.29 is 8.78 Å². The van der Waals surface area contributed by atoms with Gasteiger partial charge in [0, 0.05) is 29.4 Å². The summed E-state index contributed by atoms with van der Waals surface area (Å²) in [5, 5.41) is 8.07. The number of rotatable bonds is 4. The lowest BCUT2D eigenvalue weighted by atomic mass is 10.0. The number of halogens is 3. The number of allylic oxidation sites excluding steroid dienone is 4. The Bertz CT molecular complexity index is 1250. The number of aromatic nitrogens is 5. The maximum absolute atomic E-state index is 14.1. The molecule has 0 saturated heterocycles. The van der Waals surface area contributed by atoms with E-state index in [1.807, 2.05) is 53.4 Å². The first-order valence-electron chi connectivity index (χ1n) is 9.45. The summed E-state index contributed by atoms with van der Waals surface area (Å²) in [5.74, 6) is -1.40. The van der Waals surface area contributed by atoms with Crippen LogP contribution in [0.3, 0.4) is 0 Å². The van der Waals surface area contributed by atoms with Crippen LogP contribution in [-0.2, 0) is 6.54 Å². The van der Waals surface area contributed by atoms with E-state index in [4.69, 9.17) is 11.6 Å². The molecule has 8 heteroatoms. The highest BCUT2D eigenvalue weighted by Gasteiger charge is 2.22. The number of fused-ring (bicyclic) bond motifs is 1. The molecule has 0 atom stereocenters. The molecule has 0 amide bonds. The molecule has 3 aliphatic rings. The fourth-order valence-electron chi connectivity index (χ4n) is 3.46. The van der Waals surface area contributed by atoms with Crippen molar-refractivity contribution in [3.05, 3.63) is 83.1 Å². The van der Waals surface area contributed by atoms with Gasteiger partial charge < -0.3 is 4.57 Å². The summed E-state index contributed by atoms with van der Waals surface area (Å²) in [5.41, 5.74) is 4.08. The Morgan fingerprint density at radius 2 is 1.83 bits per heavy atom. The normalized spacial score (nSPS) is 14.4. The summed E-state index contributed by atoms with van der Waals surface area (Å²) in [6.07, 6.45) is 5.86. The van der Waals surface area contributed by atoms with Crippen LogP contribution in [0.25, 0.3) is 28.2 Å². The molecule has 5 rings (SSSR count). The second-order valence-corrected chi connectivity index (χ2v) is 7.53. The number of pyridine rings is 1. The quantitative estimate of drug-likeness (QED) is 0.451. The van der Waals surface area contributed by atoms with E-state index in [0.717, 1.165) is 17.0 Å². The average molecular weight is 424 g/mol. The monoisotopic (exact) mass is 423 g/mol. The van der Waals surface area contributed by atoms with E-state index in [-0.39, 0.29) is 17.8 Å². The molecular weight excluding hydrogens is 408 g/mol. The Morgan fingerprint density at radius 3 is 2.67 bits per heavy atom. The van der Waals surface area contributed by atoms with Crippen LogP contribution in [0.4, 0.5) is 8.78 Å². The van der Waals surface area contributed by atoms with Crippen LogP contribution >= 0.6 is 11.6 Å². The maximum atomic E-state index is 14.1. The Balaban J connectivity index is 1.39. The third-order valence-electron chi connectivity index (χ3n) is 4.98. The number of aromatic amines is 1. The largest absolute Gasteiger partial charge is 0.346 e. The highest BCUT2D eigenvalue weighted by Crippen LogP contribution is 2.34. The van der Waals surface area contributed by atoms with Gasteiger partial charge in [-0.3, -0.25) is 5.10 Å². The molecule has 1 aromatic carbocycles. The molecule has 1 aliphatic carbocycles. The zero-order chi connectivity index (χ0) is 20.7. The van der Waals surface area contributed by atoms with Gasteiger partial charge in [-0.05, 0) is 30.7 Å². The van der Waals surface area contributed by atoms with Crippen LogP contribution < -0.4 is 0 Å². The van der Waals surface area contributed by atoms with Crippen molar-refractivity contribution in [3.63, 3.8) is 0 Å². The van der Waals surface area contributed by atoms with Crippen molar-refractivity contribution in [1.29, 1.82) is 0 Å². The van der Waals surface area contributed by atoms with Gasteiger partial charge in [-0.2, -0.15) is 5.10 Å². The van der Waals surface area contributed by atoms with E-state index in [1.165, 1.54) is 0 Å². The van der Waals surface area contributed by atoms with Crippen molar-refractivity contribution in [3.8, 4) is 22.6 Å². The van der Waals surface area contributed by atoms with E-state index in [9.17, 15) is 8.78 Å². The summed E-state index contributed by atoms with van der Waals surface area (Å²) in [4.78, 5) is 8.76. The van der Waals surface area contributed by atoms with E-state index < -0.39 is 11.7 Å². The molecule has 1 aromatic heterocycles. The van der Waals surface area contributed by atoms with E-state index >= 15 is 0 Å². The van der Waals surface area contributed by atoms with E-state index in [1.54, 1.807) is 6.08 Å². The number of nitrogens with zero attached hydrogens (tertiary/aromatic N) is 4. The minimum atomic E-state index is -0.864. The number of H-pyrrole nitrogens is 1. The predicted molar refractivity (Wildman–Crippen MR) is 111 cm³/mol. The zero-order valence-corrected chi connectivity index (χ0v) is 16.5. The molecule has 0 radical (unpaired) electrons. The summed E-state index contributed by atoms with van der Waals surface area (Å²) in [6, 6.07) is 11.3. The number of hydrogen-bond acceptors (Lipinski definition) is 3. The van der Waals surface area contributed by atoms with Gasteiger partial charge in [0.2, 0.25) is 0 Å². The fraction of sp³-hybridized carbons (Fsp3) is 0.136. The van der Waals surface area contributed by atoms with Crippen molar-refractivity contribution in [2.24, 2.45) is 0 Å². The van der Waals surface area contributed by atoms with E-state index in [2.05, 4.69) is 20.2 Å². The lowest BCUT2D eigenvalue weighted by molar-refractivity contribution is 0.520. The smallest absolute Gasteiger partial charge is 0.165 e. The van der Waals surface area contributed by atoms with Gasteiger partial charge in [0.25, 0.3) is 0 Å². The lowest BCUT2D eigenvalue weighted by Crippen LogP contribution is -2.01. The standard InChI is InChI=1S/C22H16ClF2N5/c23-14-6-4-13(5-7-14)19-10-15(28-29-19)11-30-9-8-18-20(12-30)27-22(26-18)16-2-1-3-17(24)21(16)25/h2,4-10,12H,1,3,11H2,(H,28,29). The Labute approximate surface area is 176 Å². The molecule has 2 aliphatic heterocycles. The molecular formula is C22H16ClF2N5. The number of benzene rings is 1. The number of nitrogens with one attached hydrogen (secondary N) is 1. The van der Waals surface area contributed by atoms with Crippen molar-refractivity contribution in [1.82, 2.24) is 24.7 Å². The lowest BCUT2D eigenvalue weighted by Gasteiger charge is -2.08. The topological polar surface area (TPSA) is 59.4 Å². The van der Waals surface area contributed by atoms with Gasteiger partial charge in [-0.15, -0.1) is 0 Å². The van der Waals surface area contributed by atoms with Gasteiger partial charge in [-0.1, -0.05) is 29.8 Å².